The van der Waals surface area contributed by atoms with Crippen molar-refractivity contribution in [1.82, 2.24) is 5.32 Å². The largest absolute Gasteiger partial charge is 0.497 e. The van der Waals surface area contributed by atoms with Gasteiger partial charge in [0.2, 0.25) is 0 Å². The molecule has 0 unspecified atom stereocenters. The second-order valence-corrected chi connectivity index (χ2v) is 4.64. The van der Waals surface area contributed by atoms with Crippen molar-refractivity contribution >= 4 is 11.7 Å². The average Bonchev–Trinajstić information content (AvgIpc) is 2.59. The zero-order valence-corrected chi connectivity index (χ0v) is 13.2. The van der Waals surface area contributed by atoms with Gasteiger partial charge in [-0.3, -0.25) is 0 Å². The van der Waals surface area contributed by atoms with Gasteiger partial charge in [-0.1, -0.05) is 6.07 Å². The van der Waals surface area contributed by atoms with E-state index in [1.165, 1.54) is 0 Å². The third kappa shape index (κ3) is 5.43. The summed E-state index contributed by atoms with van der Waals surface area (Å²) < 4.78 is 15.7. The minimum atomic E-state index is -0.295. The molecule has 6 heteroatoms. The molecule has 0 aliphatic heterocycles. The van der Waals surface area contributed by atoms with E-state index in [1.54, 1.807) is 32.4 Å². The monoisotopic (exact) mass is 316 g/mol. The zero-order chi connectivity index (χ0) is 16.5. The Kier molecular flexibility index (Phi) is 6.11. The number of ether oxygens (including phenoxy) is 3. The Morgan fingerprint density at radius 1 is 0.957 bits per heavy atom. The highest BCUT2D eigenvalue weighted by Gasteiger charge is 2.02. The molecule has 0 aromatic heterocycles. The number of methoxy groups -OCH3 is 2. The van der Waals surface area contributed by atoms with Crippen molar-refractivity contribution in [1.29, 1.82) is 0 Å². The molecule has 23 heavy (non-hydrogen) atoms. The zero-order valence-electron chi connectivity index (χ0n) is 13.2. The second kappa shape index (κ2) is 8.53. The Hall–Kier alpha value is -2.89. The van der Waals surface area contributed by atoms with Crippen LogP contribution in [0, 0.1) is 0 Å². The van der Waals surface area contributed by atoms with Crippen molar-refractivity contribution in [3.8, 4) is 17.2 Å². The van der Waals surface area contributed by atoms with Gasteiger partial charge in [0.05, 0.1) is 20.8 Å². The van der Waals surface area contributed by atoms with Crippen molar-refractivity contribution in [2.45, 2.75) is 0 Å². The standard InChI is InChI=1S/C17H20N2O4/c1-21-14-6-8-15(9-7-14)23-11-10-18-17(20)19-13-4-3-5-16(12-13)22-2/h3-9,12H,10-11H2,1-2H3,(H2,18,19,20). The second-order valence-electron chi connectivity index (χ2n) is 4.64. The van der Waals surface area contributed by atoms with Gasteiger partial charge in [-0.15, -0.1) is 0 Å². The number of urea groups is 1. The molecule has 0 fully saturated rings. The fourth-order valence-corrected chi connectivity index (χ4v) is 1.88. The Morgan fingerprint density at radius 3 is 2.35 bits per heavy atom. The molecule has 2 aromatic rings. The third-order valence-electron chi connectivity index (χ3n) is 3.04. The number of nitrogens with one attached hydrogen (secondary N) is 2. The molecular weight excluding hydrogens is 296 g/mol. The van der Waals surface area contributed by atoms with Gasteiger partial charge in [-0.25, -0.2) is 4.79 Å². The maximum Gasteiger partial charge on any atom is 0.319 e. The molecule has 0 aliphatic rings. The van der Waals surface area contributed by atoms with Crippen LogP contribution >= 0.6 is 0 Å². The summed E-state index contributed by atoms with van der Waals surface area (Å²) in [7, 11) is 3.19. The van der Waals surface area contributed by atoms with Crippen LogP contribution in [0.4, 0.5) is 10.5 Å². The van der Waals surface area contributed by atoms with Gasteiger partial charge in [0, 0.05) is 11.8 Å². The minimum Gasteiger partial charge on any atom is -0.497 e. The maximum absolute atomic E-state index is 11.8. The van der Waals surface area contributed by atoms with Gasteiger partial charge in [-0.2, -0.15) is 0 Å². The normalized spacial score (nSPS) is 9.83. The number of carbonyl (C=O) groups is 1. The smallest absolute Gasteiger partial charge is 0.319 e. The number of rotatable bonds is 7. The van der Waals surface area contributed by atoms with Crippen molar-refractivity contribution in [3.63, 3.8) is 0 Å². The maximum atomic E-state index is 11.8. The van der Waals surface area contributed by atoms with Crippen LogP contribution in [0.25, 0.3) is 0 Å². The van der Waals surface area contributed by atoms with Gasteiger partial charge in [0.25, 0.3) is 0 Å². The molecule has 0 bridgehead atoms. The topological polar surface area (TPSA) is 68.8 Å². The van der Waals surface area contributed by atoms with Crippen LogP contribution in [0.2, 0.25) is 0 Å². The van der Waals surface area contributed by atoms with Gasteiger partial charge >= 0.3 is 6.03 Å². The highest BCUT2D eigenvalue weighted by atomic mass is 16.5. The SMILES string of the molecule is COc1ccc(OCCNC(=O)Nc2cccc(OC)c2)cc1. The van der Waals surface area contributed by atoms with Crippen molar-refractivity contribution in [3.05, 3.63) is 48.5 Å². The summed E-state index contributed by atoms with van der Waals surface area (Å²) in [5, 5.41) is 5.45. The molecule has 0 radical (unpaired) electrons. The van der Waals surface area contributed by atoms with Gasteiger partial charge in [0.15, 0.2) is 0 Å². The molecule has 0 saturated carbocycles. The number of benzene rings is 2. The predicted octanol–water partition coefficient (Wildman–Crippen LogP) is 2.90. The lowest BCUT2D eigenvalue weighted by molar-refractivity contribution is 0.247. The molecule has 0 heterocycles. The molecule has 0 aliphatic carbocycles. The molecule has 2 N–H and O–H groups in total. The minimum absolute atomic E-state index is 0.295. The molecule has 122 valence electrons. The van der Waals surface area contributed by atoms with Gasteiger partial charge < -0.3 is 24.8 Å². The Morgan fingerprint density at radius 2 is 1.65 bits per heavy atom. The Labute approximate surface area is 135 Å². The molecule has 6 nitrogen and oxygen atoms in total. The van der Waals surface area contributed by atoms with E-state index in [0.717, 1.165) is 11.5 Å². The van der Waals surface area contributed by atoms with E-state index in [9.17, 15) is 4.79 Å². The quantitative estimate of drug-likeness (QED) is 0.771. The van der Waals surface area contributed by atoms with E-state index in [4.69, 9.17) is 14.2 Å². The number of carbonyl (C=O) groups excluding carboxylic acids is 1. The number of hydrogen-bond donors (Lipinski definition) is 2. The summed E-state index contributed by atoms with van der Waals surface area (Å²) in [5.74, 6) is 2.18. The van der Waals surface area contributed by atoms with E-state index in [2.05, 4.69) is 10.6 Å². The summed E-state index contributed by atoms with van der Waals surface area (Å²) in [6.45, 7) is 0.764. The van der Waals surface area contributed by atoms with Crippen LogP contribution < -0.4 is 24.8 Å². The molecule has 0 spiro atoms. The van der Waals surface area contributed by atoms with E-state index in [0.29, 0.717) is 24.6 Å². The van der Waals surface area contributed by atoms with Crippen molar-refractivity contribution < 1.29 is 19.0 Å². The first-order valence-corrected chi connectivity index (χ1v) is 7.17. The highest BCUT2D eigenvalue weighted by Crippen LogP contribution is 2.17. The van der Waals surface area contributed by atoms with E-state index in [-0.39, 0.29) is 6.03 Å². The van der Waals surface area contributed by atoms with Crippen LogP contribution in [0.15, 0.2) is 48.5 Å². The number of hydrogen-bond acceptors (Lipinski definition) is 4. The first-order valence-electron chi connectivity index (χ1n) is 7.17. The highest BCUT2D eigenvalue weighted by molar-refractivity contribution is 5.89. The molecular formula is C17H20N2O4. The van der Waals surface area contributed by atoms with Crippen molar-refractivity contribution in [2.75, 3.05) is 32.7 Å². The number of anilines is 1. The van der Waals surface area contributed by atoms with Crippen LogP contribution in [0.1, 0.15) is 0 Å². The van der Waals surface area contributed by atoms with E-state index >= 15 is 0 Å². The van der Waals surface area contributed by atoms with Crippen LogP contribution in [0.5, 0.6) is 17.2 Å². The first-order chi connectivity index (χ1) is 11.2. The lowest BCUT2D eigenvalue weighted by Gasteiger charge is -2.10. The molecule has 0 saturated heterocycles. The van der Waals surface area contributed by atoms with Crippen LogP contribution in [-0.4, -0.2) is 33.4 Å². The lowest BCUT2D eigenvalue weighted by atomic mass is 10.3. The lowest BCUT2D eigenvalue weighted by Crippen LogP contribution is -2.32. The summed E-state index contributed by atoms with van der Waals surface area (Å²) in [4.78, 5) is 11.8. The summed E-state index contributed by atoms with van der Waals surface area (Å²) in [6, 6.07) is 14.1. The van der Waals surface area contributed by atoms with Crippen molar-refractivity contribution in [2.24, 2.45) is 0 Å². The van der Waals surface area contributed by atoms with Gasteiger partial charge in [0.1, 0.15) is 23.9 Å². The molecule has 0 atom stereocenters. The third-order valence-corrected chi connectivity index (χ3v) is 3.04. The van der Waals surface area contributed by atoms with Crippen LogP contribution in [-0.2, 0) is 0 Å². The Balaban J connectivity index is 1.69. The summed E-state index contributed by atoms with van der Waals surface area (Å²) in [5.41, 5.74) is 0.665. The average molecular weight is 316 g/mol. The Bertz CT molecular complexity index is 629. The molecule has 2 amide bonds. The summed E-state index contributed by atoms with van der Waals surface area (Å²) >= 11 is 0. The molecule has 2 aromatic carbocycles. The van der Waals surface area contributed by atoms with Gasteiger partial charge in [-0.05, 0) is 36.4 Å². The van der Waals surface area contributed by atoms with E-state index < -0.39 is 0 Å². The fraction of sp³-hybridized carbons (Fsp3) is 0.235. The fourth-order valence-electron chi connectivity index (χ4n) is 1.88. The first kappa shape index (κ1) is 16.5. The van der Waals surface area contributed by atoms with Crippen LogP contribution in [0.3, 0.4) is 0 Å². The predicted molar refractivity (Wildman–Crippen MR) is 88.5 cm³/mol. The van der Waals surface area contributed by atoms with E-state index in [1.807, 2.05) is 30.3 Å². The molecule has 2 rings (SSSR count). The summed E-state index contributed by atoms with van der Waals surface area (Å²) in [6.07, 6.45) is 0. The number of amides is 2.